The fourth-order valence-electron chi connectivity index (χ4n) is 2.77. The molecule has 2 heterocycles. The minimum absolute atomic E-state index is 0.00485. The second-order valence-corrected chi connectivity index (χ2v) is 7.35. The normalized spacial score (nSPS) is 10.6. The van der Waals surface area contributed by atoms with Gasteiger partial charge in [0.05, 0.1) is 23.5 Å². The number of hydrogen-bond donors (Lipinski definition) is 2. The third-order valence-corrected chi connectivity index (χ3v) is 5.05. The number of anilines is 2. The zero-order chi connectivity index (χ0) is 21.8. The highest BCUT2D eigenvalue weighted by molar-refractivity contribution is 7.14. The smallest absolute Gasteiger partial charge is 0.257 e. The first-order valence-electron chi connectivity index (χ1n) is 9.15. The molecular formula is C20H16FN7O2S. The lowest BCUT2D eigenvalue weighted by Gasteiger charge is -2.08. The molecule has 0 atom stereocenters. The maximum Gasteiger partial charge on any atom is 0.257 e. The van der Waals surface area contributed by atoms with Gasteiger partial charge in [-0.15, -0.1) is 16.4 Å². The number of benzene rings is 2. The maximum absolute atomic E-state index is 14.2. The third kappa shape index (κ3) is 4.78. The molecule has 0 bridgehead atoms. The summed E-state index contributed by atoms with van der Waals surface area (Å²) in [5, 5.41) is 18.4. The van der Waals surface area contributed by atoms with Gasteiger partial charge in [0.1, 0.15) is 5.82 Å². The van der Waals surface area contributed by atoms with Crippen LogP contribution >= 0.6 is 11.3 Å². The van der Waals surface area contributed by atoms with E-state index in [9.17, 15) is 14.0 Å². The van der Waals surface area contributed by atoms with Crippen LogP contribution in [0.25, 0.3) is 5.69 Å². The van der Waals surface area contributed by atoms with Crippen molar-refractivity contribution in [2.45, 2.75) is 13.3 Å². The summed E-state index contributed by atoms with van der Waals surface area (Å²) >= 11 is 1.20. The van der Waals surface area contributed by atoms with Crippen LogP contribution in [0.1, 0.15) is 21.9 Å². The zero-order valence-corrected chi connectivity index (χ0v) is 17.1. The van der Waals surface area contributed by atoms with E-state index in [2.05, 4.69) is 31.1 Å². The minimum atomic E-state index is -0.586. The lowest BCUT2D eigenvalue weighted by atomic mass is 10.2. The third-order valence-electron chi connectivity index (χ3n) is 4.24. The van der Waals surface area contributed by atoms with Gasteiger partial charge < -0.3 is 5.32 Å². The van der Waals surface area contributed by atoms with Crippen molar-refractivity contribution in [2.75, 3.05) is 10.6 Å². The quantitative estimate of drug-likeness (QED) is 0.479. The van der Waals surface area contributed by atoms with Crippen LogP contribution in [0, 0.1) is 12.7 Å². The molecule has 0 saturated heterocycles. The second-order valence-electron chi connectivity index (χ2n) is 6.49. The molecule has 0 aliphatic rings. The summed E-state index contributed by atoms with van der Waals surface area (Å²) in [7, 11) is 0. The Morgan fingerprint density at radius 3 is 2.68 bits per heavy atom. The molecule has 31 heavy (non-hydrogen) atoms. The highest BCUT2D eigenvalue weighted by atomic mass is 32.1. The van der Waals surface area contributed by atoms with Gasteiger partial charge in [0.15, 0.2) is 11.0 Å². The number of aromatic nitrogens is 5. The van der Waals surface area contributed by atoms with Gasteiger partial charge >= 0.3 is 0 Å². The van der Waals surface area contributed by atoms with Crippen LogP contribution in [0.3, 0.4) is 0 Å². The van der Waals surface area contributed by atoms with Crippen molar-refractivity contribution in [3.63, 3.8) is 0 Å². The molecule has 0 aliphatic heterocycles. The molecule has 0 aliphatic carbocycles. The molecule has 9 nitrogen and oxygen atoms in total. The molecule has 2 N–H and O–H groups in total. The van der Waals surface area contributed by atoms with Gasteiger partial charge in [-0.3, -0.25) is 14.9 Å². The fraction of sp³-hybridized carbons (Fsp3) is 0.100. The molecule has 0 unspecified atom stereocenters. The number of rotatable bonds is 6. The molecule has 11 heteroatoms. The summed E-state index contributed by atoms with van der Waals surface area (Å²) in [6.07, 6.45) is -0.0781. The minimum Gasteiger partial charge on any atom is -0.323 e. The van der Waals surface area contributed by atoms with Gasteiger partial charge in [-0.1, -0.05) is 18.2 Å². The molecule has 4 aromatic rings. The van der Waals surface area contributed by atoms with E-state index in [0.717, 1.165) is 0 Å². The molecule has 4 rings (SSSR count). The van der Waals surface area contributed by atoms with Crippen LogP contribution < -0.4 is 10.6 Å². The van der Waals surface area contributed by atoms with Crippen molar-refractivity contribution in [2.24, 2.45) is 0 Å². The van der Waals surface area contributed by atoms with Crippen LogP contribution in [0.2, 0.25) is 0 Å². The first kappa shape index (κ1) is 20.3. The topological polar surface area (TPSA) is 115 Å². The van der Waals surface area contributed by atoms with Crippen LogP contribution in [-0.2, 0) is 11.2 Å². The van der Waals surface area contributed by atoms with Crippen LogP contribution in [0.15, 0.2) is 53.9 Å². The van der Waals surface area contributed by atoms with E-state index in [1.54, 1.807) is 36.6 Å². The van der Waals surface area contributed by atoms with E-state index in [1.807, 2.05) is 6.07 Å². The number of amides is 2. The lowest BCUT2D eigenvalue weighted by molar-refractivity contribution is -0.115. The number of halogens is 1. The summed E-state index contributed by atoms with van der Waals surface area (Å²) < 4.78 is 15.6. The number of tetrazole rings is 1. The Bertz CT molecular complexity index is 1240. The van der Waals surface area contributed by atoms with Gasteiger partial charge in [-0.25, -0.2) is 9.37 Å². The first-order valence-corrected chi connectivity index (χ1v) is 10.0. The number of carbonyl (C=O) groups excluding carboxylic acids is 2. The Morgan fingerprint density at radius 2 is 1.94 bits per heavy atom. The molecule has 2 aromatic heterocycles. The van der Waals surface area contributed by atoms with E-state index >= 15 is 0 Å². The number of hydrogen-bond acceptors (Lipinski definition) is 7. The highest BCUT2D eigenvalue weighted by Crippen LogP contribution is 2.21. The average molecular weight is 437 g/mol. The number of nitrogens with zero attached hydrogens (tertiary/aromatic N) is 5. The van der Waals surface area contributed by atoms with E-state index in [0.29, 0.717) is 27.9 Å². The predicted octanol–water partition coefficient (Wildman–Crippen LogP) is 3.00. The Kier molecular flexibility index (Phi) is 5.76. The summed E-state index contributed by atoms with van der Waals surface area (Å²) in [5.41, 5.74) is 1.48. The zero-order valence-electron chi connectivity index (χ0n) is 16.2. The molecular weight excluding hydrogens is 421 g/mol. The molecule has 0 saturated carbocycles. The maximum atomic E-state index is 14.2. The Balaban J connectivity index is 1.41. The molecule has 2 amide bonds. The summed E-state index contributed by atoms with van der Waals surface area (Å²) in [6, 6.07) is 12.9. The van der Waals surface area contributed by atoms with Crippen molar-refractivity contribution >= 4 is 34.0 Å². The average Bonchev–Trinajstić information content (AvgIpc) is 3.39. The SMILES string of the molecule is Cc1nnnn1-c1ccc(F)c(NC(=O)Cc2csc(NC(=O)c3ccccc3)n2)c1. The van der Waals surface area contributed by atoms with Crippen LogP contribution in [0.5, 0.6) is 0 Å². The second kappa shape index (κ2) is 8.79. The van der Waals surface area contributed by atoms with Gasteiger partial charge in [-0.2, -0.15) is 4.68 Å². The molecule has 0 spiro atoms. The summed E-state index contributed by atoms with van der Waals surface area (Å²) in [6.45, 7) is 1.71. The Morgan fingerprint density at radius 1 is 1.13 bits per heavy atom. The fourth-order valence-corrected chi connectivity index (χ4v) is 3.48. The van der Waals surface area contributed by atoms with E-state index < -0.39 is 11.7 Å². The van der Waals surface area contributed by atoms with E-state index in [-0.39, 0.29) is 18.0 Å². The van der Waals surface area contributed by atoms with Crippen molar-refractivity contribution in [1.82, 2.24) is 25.2 Å². The Labute approximate surface area is 179 Å². The van der Waals surface area contributed by atoms with Gasteiger partial charge in [0, 0.05) is 10.9 Å². The number of carbonyl (C=O) groups is 2. The van der Waals surface area contributed by atoms with Crippen molar-refractivity contribution in [3.8, 4) is 5.69 Å². The molecule has 156 valence electrons. The standard InChI is InChI=1S/C20H16FN7O2S/c1-12-25-26-27-28(12)15-7-8-16(21)17(10-15)23-18(29)9-14-11-31-20(22-14)24-19(30)13-5-3-2-4-6-13/h2-8,10-11H,9H2,1H3,(H,23,29)(H,22,24,30). The van der Waals surface area contributed by atoms with E-state index in [1.165, 1.54) is 34.2 Å². The van der Waals surface area contributed by atoms with Gasteiger partial charge in [0.25, 0.3) is 5.91 Å². The van der Waals surface area contributed by atoms with Crippen molar-refractivity contribution in [1.29, 1.82) is 0 Å². The lowest BCUT2D eigenvalue weighted by Crippen LogP contribution is -2.16. The van der Waals surface area contributed by atoms with Crippen molar-refractivity contribution < 1.29 is 14.0 Å². The van der Waals surface area contributed by atoms with Crippen LogP contribution in [-0.4, -0.2) is 37.0 Å². The molecule has 0 radical (unpaired) electrons. The summed E-state index contributed by atoms with van der Waals surface area (Å²) in [5.74, 6) is -0.799. The largest absolute Gasteiger partial charge is 0.323 e. The summed E-state index contributed by atoms with van der Waals surface area (Å²) in [4.78, 5) is 28.9. The van der Waals surface area contributed by atoms with Crippen LogP contribution in [0.4, 0.5) is 15.2 Å². The number of nitrogens with one attached hydrogen (secondary N) is 2. The highest BCUT2D eigenvalue weighted by Gasteiger charge is 2.14. The Hall–Kier alpha value is -3.99. The van der Waals surface area contributed by atoms with Gasteiger partial charge in [0.2, 0.25) is 5.91 Å². The van der Waals surface area contributed by atoms with Gasteiger partial charge in [-0.05, 0) is 47.7 Å². The first-order chi connectivity index (χ1) is 15.0. The molecule has 0 fully saturated rings. The monoisotopic (exact) mass is 437 g/mol. The predicted molar refractivity (Wildman–Crippen MR) is 113 cm³/mol. The number of thiazole rings is 1. The van der Waals surface area contributed by atoms with Crippen molar-refractivity contribution in [3.05, 3.63) is 76.8 Å². The van der Waals surface area contributed by atoms with E-state index in [4.69, 9.17) is 0 Å². The number of aryl methyl sites for hydroxylation is 1. The molecule has 2 aromatic carbocycles.